The Balaban J connectivity index is 1.76. The van der Waals surface area contributed by atoms with Gasteiger partial charge < -0.3 is 0 Å². The van der Waals surface area contributed by atoms with Gasteiger partial charge in [0.15, 0.2) is 0 Å². The molecule has 0 aromatic heterocycles. The fraction of sp³-hybridized carbons (Fsp3) is 0.647. The van der Waals surface area contributed by atoms with Gasteiger partial charge in [-0.3, -0.25) is 0 Å². The van der Waals surface area contributed by atoms with Crippen molar-refractivity contribution in [3.63, 3.8) is 0 Å². The predicted molar refractivity (Wildman–Crippen MR) is 84.7 cm³/mol. The lowest BCUT2D eigenvalue weighted by molar-refractivity contribution is 0.102. The van der Waals surface area contributed by atoms with Gasteiger partial charge in [0.2, 0.25) is 10.0 Å². The molecule has 0 bridgehead atoms. The normalized spacial score (nSPS) is 23.3. The molecule has 0 atom stereocenters. The van der Waals surface area contributed by atoms with E-state index >= 15 is 0 Å². The van der Waals surface area contributed by atoms with Gasteiger partial charge in [-0.05, 0) is 49.7 Å². The molecule has 0 unspecified atom stereocenters. The second-order valence-corrected chi connectivity index (χ2v) is 8.64. The highest BCUT2D eigenvalue weighted by Gasteiger charge is 2.39. The Bertz CT molecular complexity index is 593. The molecule has 21 heavy (non-hydrogen) atoms. The van der Waals surface area contributed by atoms with Gasteiger partial charge in [0.1, 0.15) is 0 Å². The molecule has 2 fully saturated rings. The Hall–Kier alpha value is -0.870. The Labute approximate surface area is 128 Å². The maximum absolute atomic E-state index is 12.8. The molecule has 2 aliphatic rings. The van der Waals surface area contributed by atoms with Gasteiger partial charge in [-0.25, -0.2) is 8.42 Å². The van der Waals surface area contributed by atoms with Crippen LogP contribution in [0.25, 0.3) is 0 Å². The molecule has 0 radical (unpaired) electrons. The third-order valence-electron chi connectivity index (χ3n) is 5.41. The smallest absolute Gasteiger partial charge is 0.207 e. The number of hydrogen-bond acceptors (Lipinski definition) is 2. The lowest BCUT2D eigenvalue weighted by atomic mass is 9.68. The summed E-state index contributed by atoms with van der Waals surface area (Å²) in [5, 5.41) is 0. The van der Waals surface area contributed by atoms with Gasteiger partial charge in [-0.1, -0.05) is 37.5 Å². The van der Waals surface area contributed by atoms with E-state index in [-0.39, 0.29) is 0 Å². The summed E-state index contributed by atoms with van der Waals surface area (Å²) in [7, 11) is -3.31. The van der Waals surface area contributed by atoms with E-state index < -0.39 is 10.0 Å². The van der Waals surface area contributed by atoms with Crippen LogP contribution in [0, 0.1) is 12.3 Å². The summed E-state index contributed by atoms with van der Waals surface area (Å²) < 4.78 is 27.3. The molecule has 0 amide bonds. The van der Waals surface area contributed by atoms with Gasteiger partial charge >= 0.3 is 0 Å². The van der Waals surface area contributed by atoms with Crippen LogP contribution in [0.3, 0.4) is 0 Å². The first kappa shape index (κ1) is 15.0. The Morgan fingerprint density at radius 1 is 0.952 bits per heavy atom. The molecule has 1 saturated carbocycles. The fourth-order valence-electron chi connectivity index (χ4n) is 3.99. The summed E-state index contributed by atoms with van der Waals surface area (Å²) in [5.74, 6) is 0. The number of hydrogen-bond donors (Lipinski definition) is 0. The molecular formula is C17H25NO2S. The number of aryl methyl sites for hydroxylation is 1. The molecule has 1 heterocycles. The fourth-order valence-corrected chi connectivity index (χ4v) is 5.65. The van der Waals surface area contributed by atoms with Crippen LogP contribution >= 0.6 is 0 Å². The second-order valence-electron chi connectivity index (χ2n) is 6.73. The molecule has 3 rings (SSSR count). The van der Waals surface area contributed by atoms with Crippen molar-refractivity contribution in [3.05, 3.63) is 29.8 Å². The number of nitrogens with zero attached hydrogens (tertiary/aromatic N) is 1. The van der Waals surface area contributed by atoms with E-state index in [1.165, 1.54) is 32.1 Å². The van der Waals surface area contributed by atoms with Crippen LogP contribution in [0.4, 0.5) is 0 Å². The first-order valence-corrected chi connectivity index (χ1v) is 9.53. The molecule has 0 N–H and O–H groups in total. The van der Waals surface area contributed by atoms with Gasteiger partial charge in [0, 0.05) is 13.1 Å². The average molecular weight is 307 g/mol. The highest BCUT2D eigenvalue weighted by molar-refractivity contribution is 7.89. The van der Waals surface area contributed by atoms with E-state index in [0.717, 1.165) is 18.4 Å². The maximum atomic E-state index is 12.8. The third kappa shape index (κ3) is 2.88. The zero-order chi connectivity index (χ0) is 14.9. The SMILES string of the molecule is Cc1ccccc1S(=O)(=O)N1CCC2(CCCCC2)CC1. The van der Waals surface area contributed by atoms with E-state index in [0.29, 0.717) is 23.4 Å². The van der Waals surface area contributed by atoms with E-state index in [2.05, 4.69) is 0 Å². The summed E-state index contributed by atoms with van der Waals surface area (Å²) in [6, 6.07) is 7.31. The van der Waals surface area contributed by atoms with Crippen LogP contribution in [-0.4, -0.2) is 25.8 Å². The minimum absolute atomic E-state index is 0.440. The molecule has 1 aromatic rings. The Kier molecular flexibility index (Phi) is 4.10. The topological polar surface area (TPSA) is 37.4 Å². The molecule has 1 aliphatic heterocycles. The molecular weight excluding hydrogens is 282 g/mol. The number of rotatable bonds is 2. The van der Waals surface area contributed by atoms with Crippen LogP contribution < -0.4 is 0 Å². The van der Waals surface area contributed by atoms with Crippen molar-refractivity contribution in [2.45, 2.75) is 56.8 Å². The van der Waals surface area contributed by atoms with Crippen molar-refractivity contribution < 1.29 is 8.42 Å². The summed E-state index contributed by atoms with van der Waals surface area (Å²) in [4.78, 5) is 0.476. The minimum atomic E-state index is -3.31. The van der Waals surface area contributed by atoms with Crippen molar-refractivity contribution in [3.8, 4) is 0 Å². The van der Waals surface area contributed by atoms with E-state index in [1.807, 2.05) is 25.1 Å². The first-order chi connectivity index (χ1) is 10.0. The largest absolute Gasteiger partial charge is 0.243 e. The molecule has 1 saturated heterocycles. The number of sulfonamides is 1. The van der Waals surface area contributed by atoms with Gasteiger partial charge in [-0.2, -0.15) is 4.31 Å². The lowest BCUT2D eigenvalue weighted by Gasteiger charge is -2.43. The van der Waals surface area contributed by atoms with Crippen molar-refractivity contribution >= 4 is 10.0 Å². The van der Waals surface area contributed by atoms with E-state index in [4.69, 9.17) is 0 Å². The average Bonchev–Trinajstić information content (AvgIpc) is 2.49. The highest BCUT2D eigenvalue weighted by Crippen LogP contribution is 2.45. The summed E-state index contributed by atoms with van der Waals surface area (Å²) in [6.45, 7) is 3.26. The zero-order valence-electron chi connectivity index (χ0n) is 12.8. The van der Waals surface area contributed by atoms with Crippen molar-refractivity contribution in [1.29, 1.82) is 0 Å². The van der Waals surface area contributed by atoms with Crippen LogP contribution in [-0.2, 0) is 10.0 Å². The van der Waals surface area contributed by atoms with Gasteiger partial charge in [0.05, 0.1) is 4.90 Å². The van der Waals surface area contributed by atoms with Gasteiger partial charge in [-0.15, -0.1) is 0 Å². The molecule has 3 nitrogen and oxygen atoms in total. The highest BCUT2D eigenvalue weighted by atomic mass is 32.2. The number of benzene rings is 1. The molecule has 4 heteroatoms. The van der Waals surface area contributed by atoms with E-state index in [1.54, 1.807) is 10.4 Å². The summed E-state index contributed by atoms with van der Waals surface area (Å²) in [6.07, 6.45) is 8.68. The maximum Gasteiger partial charge on any atom is 0.243 e. The predicted octanol–water partition coefficient (Wildman–Crippen LogP) is 3.73. The van der Waals surface area contributed by atoms with Crippen LogP contribution in [0.2, 0.25) is 0 Å². The summed E-state index contributed by atoms with van der Waals surface area (Å²) >= 11 is 0. The lowest BCUT2D eigenvalue weighted by Crippen LogP contribution is -2.43. The monoisotopic (exact) mass is 307 g/mol. The van der Waals surface area contributed by atoms with Crippen molar-refractivity contribution in [1.82, 2.24) is 4.31 Å². The molecule has 1 aromatic carbocycles. The van der Waals surface area contributed by atoms with E-state index in [9.17, 15) is 8.42 Å². The summed E-state index contributed by atoms with van der Waals surface area (Å²) in [5.41, 5.74) is 1.28. The standard InChI is InChI=1S/C17H25NO2S/c1-15-7-3-4-8-16(15)21(19,20)18-13-11-17(12-14-18)9-5-2-6-10-17/h3-4,7-8H,2,5-6,9-14H2,1H3. The van der Waals surface area contributed by atoms with Gasteiger partial charge in [0.25, 0.3) is 0 Å². The quantitative estimate of drug-likeness (QED) is 0.835. The third-order valence-corrected chi connectivity index (χ3v) is 7.47. The van der Waals surface area contributed by atoms with Crippen LogP contribution in [0.5, 0.6) is 0 Å². The minimum Gasteiger partial charge on any atom is -0.207 e. The molecule has 1 spiro atoms. The molecule has 1 aliphatic carbocycles. The zero-order valence-corrected chi connectivity index (χ0v) is 13.7. The van der Waals surface area contributed by atoms with Crippen LogP contribution in [0.15, 0.2) is 29.2 Å². The van der Waals surface area contributed by atoms with Crippen molar-refractivity contribution in [2.24, 2.45) is 5.41 Å². The van der Waals surface area contributed by atoms with Crippen molar-refractivity contribution in [2.75, 3.05) is 13.1 Å². The number of piperidine rings is 1. The second kappa shape index (κ2) is 5.73. The Morgan fingerprint density at radius 2 is 1.57 bits per heavy atom. The Morgan fingerprint density at radius 3 is 2.19 bits per heavy atom. The first-order valence-electron chi connectivity index (χ1n) is 8.09. The molecule has 116 valence electrons. The van der Waals surface area contributed by atoms with Crippen LogP contribution in [0.1, 0.15) is 50.5 Å².